The van der Waals surface area contributed by atoms with Gasteiger partial charge in [0, 0.05) is 17.6 Å². The van der Waals surface area contributed by atoms with Gasteiger partial charge in [-0.15, -0.1) is 0 Å². The summed E-state index contributed by atoms with van der Waals surface area (Å²) in [6.07, 6.45) is 2.44. The van der Waals surface area contributed by atoms with Crippen molar-refractivity contribution in [1.29, 1.82) is 0 Å². The zero-order chi connectivity index (χ0) is 25.3. The molecule has 0 spiro atoms. The Balaban J connectivity index is 2.03. The molecule has 8 heteroatoms. The zero-order valence-electron chi connectivity index (χ0n) is 20.8. The summed E-state index contributed by atoms with van der Waals surface area (Å²) in [4.78, 5) is 29.0. The SMILES string of the molecule is CCC(C)(C)C(=O)N1CCc2ccccc2C1C(=O)Nc1cc(NS(C)(=O)=O)ccc1C(C)C. The first kappa shape index (κ1) is 25.7. The minimum Gasteiger partial charge on any atom is -0.326 e. The van der Waals surface area contributed by atoms with Crippen LogP contribution in [0.1, 0.15) is 69.7 Å². The van der Waals surface area contributed by atoms with Gasteiger partial charge in [0.25, 0.3) is 5.91 Å². The number of nitrogens with one attached hydrogen (secondary N) is 2. The molecule has 2 amide bonds. The highest BCUT2D eigenvalue weighted by atomic mass is 32.2. The van der Waals surface area contributed by atoms with Crippen LogP contribution >= 0.6 is 0 Å². The maximum Gasteiger partial charge on any atom is 0.251 e. The van der Waals surface area contributed by atoms with Crippen LogP contribution in [-0.4, -0.2) is 37.9 Å². The van der Waals surface area contributed by atoms with Crippen LogP contribution in [0.25, 0.3) is 0 Å². The Morgan fingerprint density at radius 2 is 1.82 bits per heavy atom. The largest absolute Gasteiger partial charge is 0.326 e. The highest BCUT2D eigenvalue weighted by Crippen LogP contribution is 2.36. The number of carbonyl (C=O) groups excluding carboxylic acids is 2. The molecular formula is C26H35N3O4S. The lowest BCUT2D eigenvalue weighted by Crippen LogP contribution is -2.49. The Kier molecular flexibility index (Phi) is 7.41. The van der Waals surface area contributed by atoms with Gasteiger partial charge >= 0.3 is 0 Å². The molecule has 0 fully saturated rings. The van der Waals surface area contributed by atoms with E-state index in [1.807, 2.05) is 65.0 Å². The van der Waals surface area contributed by atoms with Gasteiger partial charge in [-0.1, -0.05) is 65.0 Å². The maximum atomic E-state index is 13.8. The first-order chi connectivity index (χ1) is 15.8. The van der Waals surface area contributed by atoms with Crippen LogP contribution < -0.4 is 10.0 Å². The molecule has 184 valence electrons. The molecule has 1 aliphatic heterocycles. The molecule has 0 saturated heterocycles. The summed E-state index contributed by atoms with van der Waals surface area (Å²) in [7, 11) is -3.47. The molecule has 0 radical (unpaired) electrons. The van der Waals surface area contributed by atoms with Crippen molar-refractivity contribution in [2.45, 2.75) is 59.4 Å². The van der Waals surface area contributed by atoms with E-state index >= 15 is 0 Å². The van der Waals surface area contributed by atoms with Crippen molar-refractivity contribution in [3.05, 3.63) is 59.2 Å². The fourth-order valence-corrected chi connectivity index (χ4v) is 4.81. The van der Waals surface area contributed by atoms with Gasteiger partial charge in [-0.2, -0.15) is 0 Å². The number of amides is 2. The molecule has 1 atom stereocenters. The third-order valence-corrected chi connectivity index (χ3v) is 7.10. The molecule has 2 aromatic carbocycles. The molecule has 0 bridgehead atoms. The Hall–Kier alpha value is -2.87. The lowest BCUT2D eigenvalue weighted by Gasteiger charge is -2.40. The predicted molar refractivity (Wildman–Crippen MR) is 136 cm³/mol. The molecule has 0 saturated carbocycles. The predicted octanol–water partition coefficient (Wildman–Crippen LogP) is 4.68. The molecular weight excluding hydrogens is 450 g/mol. The van der Waals surface area contributed by atoms with Crippen LogP contribution in [0.15, 0.2) is 42.5 Å². The molecule has 3 rings (SSSR count). The molecule has 0 aliphatic carbocycles. The standard InChI is InChI=1S/C26H35N3O4S/c1-7-26(4,5)25(31)29-15-14-18-10-8-9-11-21(18)23(29)24(30)27-22-16-19(28-34(6,32)33)12-13-20(22)17(2)3/h8-13,16-17,23,28H,7,14-15H2,1-6H3,(H,27,30). The number of rotatable bonds is 7. The van der Waals surface area contributed by atoms with Crippen LogP contribution in [0.3, 0.4) is 0 Å². The second-order valence-corrected chi connectivity index (χ2v) is 11.7. The first-order valence-corrected chi connectivity index (χ1v) is 13.5. The molecule has 7 nitrogen and oxygen atoms in total. The number of hydrogen-bond acceptors (Lipinski definition) is 4. The number of carbonyl (C=O) groups is 2. The van der Waals surface area contributed by atoms with E-state index in [0.717, 1.165) is 22.9 Å². The molecule has 1 heterocycles. The van der Waals surface area contributed by atoms with Gasteiger partial charge in [-0.25, -0.2) is 8.42 Å². The molecule has 2 aromatic rings. The fraction of sp³-hybridized carbons (Fsp3) is 0.462. The fourth-order valence-electron chi connectivity index (χ4n) is 4.25. The minimum atomic E-state index is -3.47. The van der Waals surface area contributed by atoms with Crippen molar-refractivity contribution in [1.82, 2.24) is 4.90 Å². The number of sulfonamides is 1. The summed E-state index contributed by atoms with van der Waals surface area (Å²) in [5.74, 6) is -0.273. The molecule has 2 N–H and O–H groups in total. The quantitative estimate of drug-likeness (QED) is 0.595. The second-order valence-electron chi connectivity index (χ2n) is 9.91. The zero-order valence-corrected chi connectivity index (χ0v) is 21.6. The molecule has 0 aromatic heterocycles. The van der Waals surface area contributed by atoms with E-state index in [-0.39, 0.29) is 17.7 Å². The van der Waals surface area contributed by atoms with Crippen molar-refractivity contribution in [2.24, 2.45) is 5.41 Å². The number of hydrogen-bond donors (Lipinski definition) is 2. The summed E-state index contributed by atoms with van der Waals surface area (Å²) in [5.41, 5.74) is 3.06. The second kappa shape index (κ2) is 9.78. The van der Waals surface area contributed by atoms with Crippen LogP contribution in [-0.2, 0) is 26.0 Å². The number of nitrogens with zero attached hydrogens (tertiary/aromatic N) is 1. The van der Waals surface area contributed by atoms with E-state index in [4.69, 9.17) is 0 Å². The van der Waals surface area contributed by atoms with E-state index in [2.05, 4.69) is 10.0 Å². The van der Waals surface area contributed by atoms with Crippen molar-refractivity contribution < 1.29 is 18.0 Å². The highest BCUT2D eigenvalue weighted by Gasteiger charge is 2.40. The summed E-state index contributed by atoms with van der Waals surface area (Å²) in [6.45, 7) is 10.3. The van der Waals surface area contributed by atoms with Crippen LogP contribution in [0.2, 0.25) is 0 Å². The van der Waals surface area contributed by atoms with E-state index in [0.29, 0.717) is 30.8 Å². The Morgan fingerprint density at radius 3 is 2.44 bits per heavy atom. The Bertz CT molecular complexity index is 1190. The lowest BCUT2D eigenvalue weighted by atomic mass is 9.85. The summed E-state index contributed by atoms with van der Waals surface area (Å²) >= 11 is 0. The van der Waals surface area contributed by atoms with Gasteiger partial charge in [0.05, 0.1) is 11.9 Å². The third-order valence-electron chi connectivity index (χ3n) is 6.49. The topological polar surface area (TPSA) is 95.6 Å². The minimum absolute atomic E-state index is 0.0544. The van der Waals surface area contributed by atoms with Crippen molar-refractivity contribution >= 4 is 33.2 Å². The summed E-state index contributed by atoms with van der Waals surface area (Å²) in [6, 6.07) is 12.1. The van der Waals surface area contributed by atoms with E-state index < -0.39 is 21.5 Å². The van der Waals surface area contributed by atoms with Gasteiger partial charge in [-0.3, -0.25) is 14.3 Å². The van der Waals surface area contributed by atoms with Crippen molar-refractivity contribution in [3.8, 4) is 0 Å². The number of anilines is 2. The number of benzene rings is 2. The normalized spacial score (nSPS) is 16.2. The van der Waals surface area contributed by atoms with Crippen LogP contribution in [0, 0.1) is 5.41 Å². The maximum absolute atomic E-state index is 13.8. The van der Waals surface area contributed by atoms with Gasteiger partial charge in [0.2, 0.25) is 15.9 Å². The average molecular weight is 486 g/mol. The smallest absolute Gasteiger partial charge is 0.251 e. The van der Waals surface area contributed by atoms with Crippen LogP contribution in [0.5, 0.6) is 0 Å². The Morgan fingerprint density at radius 1 is 1.15 bits per heavy atom. The molecule has 34 heavy (non-hydrogen) atoms. The van der Waals surface area contributed by atoms with Gasteiger partial charge in [0.15, 0.2) is 0 Å². The monoisotopic (exact) mass is 485 g/mol. The van der Waals surface area contributed by atoms with Crippen molar-refractivity contribution in [3.63, 3.8) is 0 Å². The van der Waals surface area contributed by atoms with Crippen LogP contribution in [0.4, 0.5) is 11.4 Å². The van der Waals surface area contributed by atoms with Gasteiger partial charge < -0.3 is 10.2 Å². The average Bonchev–Trinajstić information content (AvgIpc) is 2.76. The first-order valence-electron chi connectivity index (χ1n) is 11.7. The van der Waals surface area contributed by atoms with Crippen molar-refractivity contribution in [2.75, 3.05) is 22.8 Å². The lowest BCUT2D eigenvalue weighted by molar-refractivity contribution is -0.147. The molecule has 1 aliphatic rings. The van der Waals surface area contributed by atoms with Gasteiger partial charge in [-0.05, 0) is 47.6 Å². The molecule has 1 unspecified atom stereocenters. The van der Waals surface area contributed by atoms with Gasteiger partial charge in [0.1, 0.15) is 6.04 Å². The Labute approximate surface area is 203 Å². The van der Waals surface area contributed by atoms with E-state index in [9.17, 15) is 18.0 Å². The number of fused-ring (bicyclic) bond motifs is 1. The summed E-state index contributed by atoms with van der Waals surface area (Å²) < 4.78 is 25.9. The van der Waals surface area contributed by atoms with E-state index in [1.54, 1.807) is 17.0 Å². The van der Waals surface area contributed by atoms with E-state index in [1.165, 1.54) is 0 Å². The third kappa shape index (κ3) is 5.60. The highest BCUT2D eigenvalue weighted by molar-refractivity contribution is 7.92. The summed E-state index contributed by atoms with van der Waals surface area (Å²) in [5, 5.41) is 3.02.